The van der Waals surface area contributed by atoms with E-state index in [1.807, 2.05) is 30.3 Å². The van der Waals surface area contributed by atoms with Gasteiger partial charge in [-0.15, -0.1) is 0 Å². The van der Waals surface area contributed by atoms with Gasteiger partial charge in [-0.05, 0) is 90.0 Å². The molecule has 0 fully saturated rings. The van der Waals surface area contributed by atoms with Crippen LogP contribution in [0.5, 0.6) is 11.5 Å². The van der Waals surface area contributed by atoms with Crippen LogP contribution in [-0.4, -0.2) is 45.3 Å². The molecule has 0 aliphatic heterocycles. The van der Waals surface area contributed by atoms with Crippen molar-refractivity contribution in [3.63, 3.8) is 0 Å². The molecule has 0 unspecified atom stereocenters. The molecular formula is C29H30ClIN4O4. The third kappa shape index (κ3) is 7.96. The van der Waals surface area contributed by atoms with Gasteiger partial charge in [-0.1, -0.05) is 35.9 Å². The Balaban J connectivity index is 1.87. The fourth-order valence-corrected chi connectivity index (χ4v) is 4.84. The zero-order valence-corrected chi connectivity index (χ0v) is 25.0. The van der Waals surface area contributed by atoms with E-state index in [0.717, 1.165) is 27.9 Å². The molecule has 3 rings (SSSR count). The first-order valence-electron chi connectivity index (χ1n) is 12.2. The van der Waals surface area contributed by atoms with Crippen LogP contribution in [0.1, 0.15) is 35.3 Å². The lowest BCUT2D eigenvalue weighted by Crippen LogP contribution is -2.33. The van der Waals surface area contributed by atoms with E-state index in [0.29, 0.717) is 17.1 Å². The molecule has 3 aromatic rings. The van der Waals surface area contributed by atoms with Crippen molar-refractivity contribution in [2.24, 2.45) is 5.10 Å². The maximum absolute atomic E-state index is 13.2. The number of benzene rings is 3. The summed E-state index contributed by atoms with van der Waals surface area (Å²) in [6, 6.07) is 17.9. The van der Waals surface area contributed by atoms with Gasteiger partial charge in [-0.3, -0.25) is 9.59 Å². The molecule has 0 atom stereocenters. The van der Waals surface area contributed by atoms with Crippen molar-refractivity contribution >= 4 is 64.0 Å². The summed E-state index contributed by atoms with van der Waals surface area (Å²) < 4.78 is 11.6. The summed E-state index contributed by atoms with van der Waals surface area (Å²) >= 11 is 8.33. The van der Waals surface area contributed by atoms with E-state index in [4.69, 9.17) is 21.1 Å². The van der Waals surface area contributed by atoms with Gasteiger partial charge in [0.15, 0.2) is 11.5 Å². The van der Waals surface area contributed by atoms with Crippen molar-refractivity contribution in [1.82, 2.24) is 10.7 Å². The van der Waals surface area contributed by atoms with Crippen LogP contribution >= 0.6 is 34.2 Å². The first-order chi connectivity index (χ1) is 18.8. The van der Waals surface area contributed by atoms with Gasteiger partial charge in [-0.2, -0.15) is 5.10 Å². The molecule has 0 heterocycles. The SMILES string of the molecule is CCN(CC)c1ccc(/C=C(/NC(=O)c2ccccc2Cl)C(=O)N/N=C\c2cc(I)c(OC)c(OC)c2)cc1. The number of hydrogen-bond donors (Lipinski definition) is 2. The second-order valence-electron chi connectivity index (χ2n) is 8.19. The van der Waals surface area contributed by atoms with Gasteiger partial charge < -0.3 is 19.7 Å². The van der Waals surface area contributed by atoms with Crippen molar-refractivity contribution in [2.75, 3.05) is 32.2 Å². The lowest BCUT2D eigenvalue weighted by atomic mass is 10.1. The lowest BCUT2D eigenvalue weighted by molar-refractivity contribution is -0.117. The van der Waals surface area contributed by atoms with Crippen molar-refractivity contribution in [2.45, 2.75) is 13.8 Å². The molecule has 10 heteroatoms. The molecule has 0 saturated heterocycles. The molecule has 0 saturated carbocycles. The second kappa shape index (κ2) is 14.5. The van der Waals surface area contributed by atoms with Crippen LogP contribution in [0.2, 0.25) is 5.02 Å². The minimum absolute atomic E-state index is 0.00884. The van der Waals surface area contributed by atoms with Gasteiger partial charge >= 0.3 is 0 Å². The quantitative estimate of drug-likeness (QED) is 0.119. The number of anilines is 1. The zero-order valence-electron chi connectivity index (χ0n) is 22.1. The van der Waals surface area contributed by atoms with Gasteiger partial charge in [0.2, 0.25) is 0 Å². The average molecular weight is 661 g/mol. The Labute approximate surface area is 247 Å². The Kier molecular flexibility index (Phi) is 11.2. The number of methoxy groups -OCH3 is 2. The normalized spacial score (nSPS) is 11.3. The molecule has 0 radical (unpaired) electrons. The molecule has 0 spiro atoms. The van der Waals surface area contributed by atoms with E-state index in [1.165, 1.54) is 6.21 Å². The van der Waals surface area contributed by atoms with Gasteiger partial charge in [0.25, 0.3) is 11.8 Å². The number of nitrogens with one attached hydrogen (secondary N) is 2. The summed E-state index contributed by atoms with van der Waals surface area (Å²) in [7, 11) is 3.11. The van der Waals surface area contributed by atoms with E-state index in [-0.39, 0.29) is 16.3 Å². The number of ether oxygens (including phenoxy) is 2. The maximum atomic E-state index is 13.2. The minimum Gasteiger partial charge on any atom is -0.493 e. The molecule has 0 aliphatic rings. The molecule has 0 bridgehead atoms. The van der Waals surface area contributed by atoms with Gasteiger partial charge in [-0.25, -0.2) is 5.43 Å². The third-order valence-corrected chi connectivity index (χ3v) is 6.91. The highest BCUT2D eigenvalue weighted by atomic mass is 127. The second-order valence-corrected chi connectivity index (χ2v) is 9.76. The van der Waals surface area contributed by atoms with Crippen LogP contribution in [0.3, 0.4) is 0 Å². The predicted molar refractivity (Wildman–Crippen MR) is 165 cm³/mol. The predicted octanol–water partition coefficient (Wildman–Crippen LogP) is 5.73. The molecule has 204 valence electrons. The fourth-order valence-electron chi connectivity index (χ4n) is 3.77. The molecule has 3 aromatic carbocycles. The van der Waals surface area contributed by atoms with Crippen LogP contribution in [0.25, 0.3) is 6.08 Å². The third-order valence-electron chi connectivity index (χ3n) is 5.78. The first kappa shape index (κ1) is 30.0. The number of rotatable bonds is 11. The largest absolute Gasteiger partial charge is 0.493 e. The molecule has 2 amide bonds. The topological polar surface area (TPSA) is 92.3 Å². The molecule has 8 nitrogen and oxygen atoms in total. The van der Waals surface area contributed by atoms with Crippen molar-refractivity contribution in [3.8, 4) is 11.5 Å². The van der Waals surface area contributed by atoms with Gasteiger partial charge in [0.05, 0.1) is 34.6 Å². The monoisotopic (exact) mass is 660 g/mol. The summed E-state index contributed by atoms with van der Waals surface area (Å²) in [5.41, 5.74) is 5.23. The standard InChI is InChI=1S/C29H30ClIN4O4/c1-5-35(6-2)21-13-11-19(12-14-21)16-25(33-28(36)22-9-7-8-10-23(22)30)29(37)34-32-18-20-15-24(31)27(39-4)26(17-20)38-3/h7-18H,5-6H2,1-4H3,(H,33,36)(H,34,37)/b25-16+,32-18-. The maximum Gasteiger partial charge on any atom is 0.287 e. The van der Waals surface area contributed by atoms with E-state index in [2.05, 4.69) is 57.2 Å². The van der Waals surface area contributed by atoms with Crippen LogP contribution in [0, 0.1) is 3.57 Å². The number of carbonyl (C=O) groups excluding carboxylic acids is 2. The van der Waals surface area contributed by atoms with Crippen LogP contribution < -0.4 is 25.1 Å². The van der Waals surface area contributed by atoms with Crippen molar-refractivity contribution < 1.29 is 19.1 Å². The van der Waals surface area contributed by atoms with E-state index in [1.54, 1.807) is 50.6 Å². The molecule has 2 N–H and O–H groups in total. The number of carbonyl (C=O) groups is 2. The minimum atomic E-state index is -0.602. The van der Waals surface area contributed by atoms with Crippen LogP contribution in [0.4, 0.5) is 5.69 Å². The summed E-state index contributed by atoms with van der Waals surface area (Å²) in [5.74, 6) is 0.0339. The van der Waals surface area contributed by atoms with E-state index < -0.39 is 11.8 Å². The number of nitrogens with zero attached hydrogens (tertiary/aromatic N) is 2. The Morgan fingerprint density at radius 2 is 1.69 bits per heavy atom. The Hall–Kier alpha value is -3.57. The average Bonchev–Trinajstić information content (AvgIpc) is 2.94. The Bertz CT molecular complexity index is 1370. The van der Waals surface area contributed by atoms with Gasteiger partial charge in [0.1, 0.15) is 5.70 Å². The molecular weight excluding hydrogens is 631 g/mol. The van der Waals surface area contributed by atoms with Gasteiger partial charge in [0, 0.05) is 18.8 Å². The highest BCUT2D eigenvalue weighted by molar-refractivity contribution is 14.1. The first-order valence-corrected chi connectivity index (χ1v) is 13.6. The summed E-state index contributed by atoms with van der Waals surface area (Å²) in [6.45, 7) is 5.94. The Morgan fingerprint density at radius 3 is 2.31 bits per heavy atom. The van der Waals surface area contributed by atoms with Crippen LogP contribution in [0.15, 0.2) is 71.5 Å². The molecule has 39 heavy (non-hydrogen) atoms. The zero-order chi connectivity index (χ0) is 28.4. The molecule has 0 aromatic heterocycles. The highest BCUT2D eigenvalue weighted by Gasteiger charge is 2.17. The summed E-state index contributed by atoms with van der Waals surface area (Å²) in [4.78, 5) is 28.3. The van der Waals surface area contributed by atoms with Crippen molar-refractivity contribution in [1.29, 1.82) is 0 Å². The number of halogens is 2. The number of hydrazone groups is 1. The molecule has 0 aliphatic carbocycles. The Morgan fingerprint density at radius 1 is 1.00 bits per heavy atom. The lowest BCUT2D eigenvalue weighted by Gasteiger charge is -2.21. The van der Waals surface area contributed by atoms with Crippen molar-refractivity contribution in [3.05, 3.63) is 91.6 Å². The number of amides is 2. The smallest absolute Gasteiger partial charge is 0.287 e. The van der Waals surface area contributed by atoms with E-state index in [9.17, 15) is 9.59 Å². The van der Waals surface area contributed by atoms with Crippen LogP contribution in [-0.2, 0) is 4.79 Å². The van der Waals surface area contributed by atoms with E-state index >= 15 is 0 Å². The fraction of sp³-hybridized carbons (Fsp3) is 0.207. The summed E-state index contributed by atoms with van der Waals surface area (Å²) in [6.07, 6.45) is 3.07. The summed E-state index contributed by atoms with van der Waals surface area (Å²) in [5, 5.41) is 7.04. The highest BCUT2D eigenvalue weighted by Crippen LogP contribution is 2.33. The number of hydrogen-bond acceptors (Lipinski definition) is 6.